The minimum atomic E-state index is 0.250. The second-order valence-electron chi connectivity index (χ2n) is 5.06. The Bertz CT molecular complexity index is 170. The SMILES string of the molecule is C=CC.C=CC.C=CCC.CC.CC.CCC.CCO.CCO.CCOC.CO.CO.CO.CO.CO.CO.COC.COC.COC.COC. The fourth-order valence-corrected chi connectivity index (χ4v) is 0. The van der Waals surface area contributed by atoms with Gasteiger partial charge in [0.15, 0.2) is 0 Å². The van der Waals surface area contributed by atoms with Crippen LogP contribution in [0.4, 0.5) is 0 Å². The molecular formula is C38H108O13. The highest BCUT2D eigenvalue weighted by molar-refractivity contribution is 4.60. The van der Waals surface area contributed by atoms with E-state index >= 15 is 0 Å². The highest BCUT2D eigenvalue weighted by atomic mass is 16.5. The third kappa shape index (κ3) is 217000. The molecule has 0 aromatic heterocycles. The molecule has 0 rings (SSSR count). The molecule has 0 saturated carbocycles. The molecule has 338 valence electrons. The molecule has 0 aromatic carbocycles. The number of hydrogen-bond acceptors (Lipinski definition) is 13. The molecule has 0 aromatic rings. The fourth-order valence-electron chi connectivity index (χ4n) is 0. The highest BCUT2D eigenvalue weighted by Gasteiger charge is 1.51. The predicted molar refractivity (Wildman–Crippen MR) is 235 cm³/mol. The normalized spacial score (nSPS) is 5.00. The number of ether oxygens (including phenoxy) is 5. The molecule has 13 nitrogen and oxygen atoms in total. The van der Waals surface area contributed by atoms with Crippen LogP contribution in [0.3, 0.4) is 0 Å². The third-order valence-corrected chi connectivity index (χ3v) is 0.577. The lowest BCUT2D eigenvalue weighted by Crippen LogP contribution is -1.73. The molecule has 0 fully saturated rings. The van der Waals surface area contributed by atoms with Gasteiger partial charge in [-0.2, -0.15) is 0 Å². The minimum absolute atomic E-state index is 0.250. The maximum absolute atomic E-state index is 7.57. The van der Waals surface area contributed by atoms with E-state index in [0.29, 0.717) is 0 Å². The van der Waals surface area contributed by atoms with Gasteiger partial charge in [0.25, 0.3) is 0 Å². The van der Waals surface area contributed by atoms with E-state index in [1.807, 2.05) is 54.5 Å². The van der Waals surface area contributed by atoms with E-state index in [1.165, 1.54) is 6.42 Å². The van der Waals surface area contributed by atoms with Crippen LogP contribution in [-0.4, -0.2) is 167 Å². The van der Waals surface area contributed by atoms with Gasteiger partial charge in [-0.15, -0.1) is 19.7 Å². The first-order chi connectivity index (χ1) is 24.6. The lowest BCUT2D eigenvalue weighted by atomic mass is 10.5. The van der Waals surface area contributed by atoms with Gasteiger partial charge in [-0.25, -0.2) is 0 Å². The van der Waals surface area contributed by atoms with Crippen LogP contribution < -0.4 is 0 Å². The summed E-state index contributed by atoms with van der Waals surface area (Å²) in [5.74, 6) is 0. The summed E-state index contributed by atoms with van der Waals surface area (Å²) in [5.41, 5.74) is 0. The minimum Gasteiger partial charge on any atom is -0.400 e. The van der Waals surface area contributed by atoms with Crippen molar-refractivity contribution >= 4 is 0 Å². The van der Waals surface area contributed by atoms with Gasteiger partial charge in [-0.05, 0) is 41.0 Å². The van der Waals surface area contributed by atoms with E-state index in [1.54, 1.807) is 90.0 Å². The first kappa shape index (κ1) is 125. The quantitative estimate of drug-likeness (QED) is 0.136. The largest absolute Gasteiger partial charge is 0.400 e. The van der Waals surface area contributed by atoms with Crippen LogP contribution in [0.1, 0.15) is 95.9 Å². The van der Waals surface area contributed by atoms with Crippen LogP contribution in [-0.2, 0) is 23.7 Å². The summed E-state index contributed by atoms with van der Waals surface area (Å²) in [6, 6.07) is 0. The zero-order valence-electron chi connectivity index (χ0n) is 40.0. The average molecular weight is 773 g/mol. The van der Waals surface area contributed by atoms with E-state index in [9.17, 15) is 0 Å². The molecule has 0 atom stereocenters. The third-order valence-electron chi connectivity index (χ3n) is 0.577. The van der Waals surface area contributed by atoms with Gasteiger partial charge in [0.2, 0.25) is 0 Å². The van der Waals surface area contributed by atoms with E-state index < -0.39 is 0 Å². The van der Waals surface area contributed by atoms with Gasteiger partial charge in [0.1, 0.15) is 0 Å². The number of aliphatic hydroxyl groups excluding tert-OH is 8. The van der Waals surface area contributed by atoms with Crippen molar-refractivity contribution in [3.05, 3.63) is 38.0 Å². The number of aliphatic hydroxyl groups is 8. The van der Waals surface area contributed by atoms with Crippen LogP contribution in [0, 0.1) is 0 Å². The Morgan fingerprint density at radius 1 is 0.412 bits per heavy atom. The number of methoxy groups -OCH3 is 5. The zero-order chi connectivity index (χ0) is 47.2. The van der Waals surface area contributed by atoms with Crippen molar-refractivity contribution in [3.8, 4) is 0 Å². The molecule has 0 aliphatic rings. The molecule has 0 radical (unpaired) electrons. The number of hydrogen-bond donors (Lipinski definition) is 8. The molecule has 0 aliphatic carbocycles. The predicted octanol–water partition coefficient (Wildman–Crippen LogP) is 6.79. The summed E-state index contributed by atoms with van der Waals surface area (Å²) in [7, 11) is 20.7. The monoisotopic (exact) mass is 773 g/mol. The van der Waals surface area contributed by atoms with Crippen LogP contribution in [0.2, 0.25) is 0 Å². The molecule has 0 unspecified atom stereocenters. The maximum atomic E-state index is 7.57. The van der Waals surface area contributed by atoms with Gasteiger partial charge in [0.05, 0.1) is 0 Å². The first-order valence-corrected chi connectivity index (χ1v) is 16.3. The van der Waals surface area contributed by atoms with Crippen molar-refractivity contribution < 1.29 is 64.5 Å². The summed E-state index contributed by atoms with van der Waals surface area (Å²) < 4.78 is 21.5. The molecule has 13 heteroatoms. The zero-order valence-corrected chi connectivity index (χ0v) is 40.0. The lowest BCUT2D eigenvalue weighted by Gasteiger charge is -1.76. The lowest BCUT2D eigenvalue weighted by molar-refractivity contribution is 0.215. The molecule has 8 N–H and O–H groups in total. The van der Waals surface area contributed by atoms with Crippen LogP contribution in [0.25, 0.3) is 0 Å². The Hall–Kier alpha value is -1.30. The van der Waals surface area contributed by atoms with Gasteiger partial charge in [0, 0.05) is 126 Å². The summed E-state index contributed by atoms with van der Waals surface area (Å²) >= 11 is 0. The van der Waals surface area contributed by atoms with Crippen LogP contribution >= 0.6 is 0 Å². The summed E-state index contributed by atoms with van der Waals surface area (Å²) in [6.45, 7) is 34.9. The summed E-state index contributed by atoms with van der Waals surface area (Å²) in [5, 5.41) is 57.1. The molecule has 0 aliphatic heterocycles. The van der Waals surface area contributed by atoms with Gasteiger partial charge in [-0.1, -0.05) is 73.1 Å². The Balaban J connectivity index is -0.0000000125. The number of allylic oxidation sites excluding steroid dienone is 3. The molecule has 0 saturated heterocycles. The molecule has 0 spiro atoms. The van der Waals surface area contributed by atoms with Crippen molar-refractivity contribution in [1.29, 1.82) is 0 Å². The van der Waals surface area contributed by atoms with Gasteiger partial charge >= 0.3 is 0 Å². The van der Waals surface area contributed by atoms with E-state index in [2.05, 4.69) is 64.2 Å². The van der Waals surface area contributed by atoms with Crippen molar-refractivity contribution in [3.63, 3.8) is 0 Å². The number of rotatable bonds is 2. The smallest absolute Gasteiger partial charge is 0.0433 e. The van der Waals surface area contributed by atoms with Crippen molar-refractivity contribution in [2.24, 2.45) is 0 Å². The van der Waals surface area contributed by atoms with E-state index in [-0.39, 0.29) is 13.2 Å². The van der Waals surface area contributed by atoms with E-state index in [0.717, 1.165) is 55.7 Å². The summed E-state index contributed by atoms with van der Waals surface area (Å²) in [6.07, 6.45) is 7.71. The van der Waals surface area contributed by atoms with Crippen molar-refractivity contribution in [1.82, 2.24) is 0 Å². The Kier molecular flexibility index (Phi) is 1990. The topological polar surface area (TPSA) is 208 Å². The Morgan fingerprint density at radius 3 is 0.451 bits per heavy atom. The van der Waals surface area contributed by atoms with Crippen LogP contribution in [0.15, 0.2) is 38.0 Å². The Morgan fingerprint density at radius 2 is 0.451 bits per heavy atom. The molecule has 0 amide bonds. The Labute approximate surface area is 324 Å². The van der Waals surface area contributed by atoms with Gasteiger partial charge in [-0.3, -0.25) is 0 Å². The maximum Gasteiger partial charge on any atom is 0.0433 e. The van der Waals surface area contributed by atoms with Gasteiger partial charge < -0.3 is 64.5 Å². The van der Waals surface area contributed by atoms with Crippen LogP contribution in [0.5, 0.6) is 0 Å². The van der Waals surface area contributed by atoms with E-state index in [4.69, 9.17) is 40.9 Å². The fraction of sp³-hybridized carbons (Fsp3) is 0.842. The molecule has 0 heterocycles. The molecular weight excluding hydrogens is 664 g/mol. The standard InChI is InChI=1S/C4H8.C3H8O.C3H8.2C3H6.6C2H6O.2C2H6.6CH4O/c2*1-3-4-2;7*1-3-2;2*1-2-3;8*1-2/h3H,1,4H2,2H3;3H2,1-2H3;3H2,1-2H3;2*3H,1H2,2H3;4*1-2H3;2*3H,2H2,1H3;2*1-2H3;6*2H,1H3. The molecule has 0 bridgehead atoms. The van der Waals surface area contributed by atoms with Crippen molar-refractivity contribution in [2.45, 2.75) is 95.9 Å². The molecule has 51 heavy (non-hydrogen) atoms. The first-order valence-electron chi connectivity index (χ1n) is 16.3. The van der Waals surface area contributed by atoms with Crippen molar-refractivity contribution in [2.75, 3.05) is 126 Å². The highest BCUT2D eigenvalue weighted by Crippen LogP contribution is 1.66. The second-order valence-corrected chi connectivity index (χ2v) is 5.06. The average Bonchev–Trinajstić information content (AvgIpc) is 3.18. The second kappa shape index (κ2) is 809. The summed E-state index contributed by atoms with van der Waals surface area (Å²) in [4.78, 5) is 0.